The lowest BCUT2D eigenvalue weighted by Crippen LogP contribution is -2.24. The van der Waals surface area contributed by atoms with Crippen molar-refractivity contribution >= 4 is 12.3 Å². The van der Waals surface area contributed by atoms with Crippen molar-refractivity contribution < 1.29 is 14.3 Å². The van der Waals surface area contributed by atoms with Crippen LogP contribution in [0, 0.1) is 0 Å². The van der Waals surface area contributed by atoms with E-state index in [0.29, 0.717) is 12.1 Å². The van der Waals surface area contributed by atoms with Crippen molar-refractivity contribution in [1.29, 1.82) is 0 Å². The Hall–Kier alpha value is -2.43. The molecule has 5 heteroatoms. The first kappa shape index (κ1) is 15.9. The fourth-order valence-electron chi connectivity index (χ4n) is 2.09. The second-order valence-corrected chi connectivity index (χ2v) is 6.03. The number of aromatic nitrogens is 2. The molecule has 0 bridgehead atoms. The number of aryl methyl sites for hydroxylation is 1. The first-order valence-corrected chi connectivity index (χ1v) is 7.18. The van der Waals surface area contributed by atoms with Gasteiger partial charge in [0.2, 0.25) is 0 Å². The van der Waals surface area contributed by atoms with Crippen LogP contribution >= 0.6 is 0 Å². The fourth-order valence-corrected chi connectivity index (χ4v) is 2.09. The van der Waals surface area contributed by atoms with Crippen molar-refractivity contribution in [3.8, 4) is 11.1 Å². The van der Waals surface area contributed by atoms with E-state index in [2.05, 4.69) is 5.10 Å². The van der Waals surface area contributed by atoms with E-state index in [1.165, 1.54) is 0 Å². The predicted octanol–water partition coefficient (Wildman–Crippen LogP) is 3.09. The molecule has 0 aliphatic carbocycles. The van der Waals surface area contributed by atoms with Crippen molar-refractivity contribution in [2.24, 2.45) is 0 Å². The lowest BCUT2D eigenvalue weighted by atomic mass is 10.0. The minimum Gasteiger partial charge on any atom is -0.460 e. The predicted molar refractivity (Wildman–Crippen MR) is 83.5 cm³/mol. The van der Waals surface area contributed by atoms with E-state index in [4.69, 9.17) is 4.74 Å². The number of ether oxygens (including phenoxy) is 1. The number of benzene rings is 1. The van der Waals surface area contributed by atoms with Gasteiger partial charge in [0, 0.05) is 17.3 Å². The summed E-state index contributed by atoms with van der Waals surface area (Å²) in [5.41, 5.74) is 1.83. The van der Waals surface area contributed by atoms with Gasteiger partial charge < -0.3 is 4.74 Å². The molecule has 1 aromatic carbocycles. The van der Waals surface area contributed by atoms with E-state index >= 15 is 0 Å². The molecule has 116 valence electrons. The zero-order valence-electron chi connectivity index (χ0n) is 13.1. The maximum Gasteiger partial charge on any atom is 0.308 e. The Bertz CT molecular complexity index is 669. The molecule has 0 fully saturated rings. The quantitative estimate of drug-likeness (QED) is 0.629. The van der Waals surface area contributed by atoms with E-state index in [1.54, 1.807) is 16.9 Å². The molecule has 2 aromatic rings. The molecular weight excluding hydrogens is 280 g/mol. The molecule has 0 amide bonds. The summed E-state index contributed by atoms with van der Waals surface area (Å²) in [5, 5.41) is 4.23. The van der Waals surface area contributed by atoms with E-state index < -0.39 is 5.60 Å². The molecule has 0 atom stereocenters. The van der Waals surface area contributed by atoms with Crippen LogP contribution in [0.2, 0.25) is 0 Å². The topological polar surface area (TPSA) is 61.2 Å². The molecule has 1 aromatic heterocycles. The van der Waals surface area contributed by atoms with Gasteiger partial charge in [0.1, 0.15) is 5.60 Å². The van der Waals surface area contributed by atoms with Gasteiger partial charge in [0.05, 0.1) is 19.2 Å². The van der Waals surface area contributed by atoms with Gasteiger partial charge in [0.25, 0.3) is 0 Å². The molecule has 0 aliphatic heterocycles. The summed E-state index contributed by atoms with van der Waals surface area (Å²) in [4.78, 5) is 22.8. The Morgan fingerprint density at radius 3 is 2.73 bits per heavy atom. The van der Waals surface area contributed by atoms with Gasteiger partial charge in [-0.25, -0.2) is 0 Å². The number of nitrogens with zero attached hydrogens (tertiary/aromatic N) is 2. The largest absolute Gasteiger partial charge is 0.460 e. The standard InChI is InChI=1S/C17H20N2O3/c1-17(2,3)22-16(21)8-9-19-11-14(10-18-19)15-7-5-4-6-13(15)12-20/h4-7,10-12H,8-9H2,1-3H3. The molecular formula is C17H20N2O3. The number of carbonyl (C=O) groups is 2. The van der Waals surface area contributed by atoms with Crippen LogP contribution in [-0.2, 0) is 16.1 Å². The Morgan fingerprint density at radius 1 is 1.32 bits per heavy atom. The van der Waals surface area contributed by atoms with Crippen molar-refractivity contribution in [1.82, 2.24) is 9.78 Å². The van der Waals surface area contributed by atoms with Gasteiger partial charge in [-0.2, -0.15) is 5.10 Å². The van der Waals surface area contributed by atoms with Crippen LogP contribution in [0.5, 0.6) is 0 Å². The highest BCUT2D eigenvalue weighted by molar-refractivity contribution is 5.87. The number of carbonyl (C=O) groups excluding carboxylic acids is 2. The molecule has 1 heterocycles. The Kier molecular flexibility index (Phi) is 4.75. The number of esters is 1. The van der Waals surface area contributed by atoms with Crippen LogP contribution in [0.1, 0.15) is 37.6 Å². The maximum atomic E-state index is 11.7. The maximum absolute atomic E-state index is 11.7. The zero-order chi connectivity index (χ0) is 16.2. The highest BCUT2D eigenvalue weighted by Crippen LogP contribution is 2.22. The summed E-state index contributed by atoms with van der Waals surface area (Å²) in [7, 11) is 0. The molecule has 22 heavy (non-hydrogen) atoms. The molecule has 2 rings (SSSR count). The summed E-state index contributed by atoms with van der Waals surface area (Å²) < 4.78 is 6.94. The first-order chi connectivity index (χ1) is 10.4. The Labute approximate surface area is 129 Å². The molecule has 0 radical (unpaired) electrons. The minimum absolute atomic E-state index is 0.252. The third-order valence-corrected chi connectivity index (χ3v) is 3.00. The molecule has 0 aliphatic rings. The molecule has 0 N–H and O–H groups in total. The van der Waals surface area contributed by atoms with E-state index in [0.717, 1.165) is 17.4 Å². The molecule has 0 saturated heterocycles. The smallest absolute Gasteiger partial charge is 0.308 e. The van der Waals surface area contributed by atoms with Gasteiger partial charge in [0.15, 0.2) is 6.29 Å². The van der Waals surface area contributed by atoms with Gasteiger partial charge in [-0.05, 0) is 26.3 Å². The van der Waals surface area contributed by atoms with Crippen LogP contribution < -0.4 is 0 Å². The lowest BCUT2D eigenvalue weighted by Gasteiger charge is -2.19. The molecule has 0 spiro atoms. The van der Waals surface area contributed by atoms with E-state index in [1.807, 2.05) is 45.2 Å². The fraction of sp³-hybridized carbons (Fsp3) is 0.353. The van der Waals surface area contributed by atoms with Crippen LogP contribution in [0.4, 0.5) is 0 Å². The third-order valence-electron chi connectivity index (χ3n) is 3.00. The number of hydrogen-bond donors (Lipinski definition) is 0. The number of rotatable bonds is 5. The van der Waals surface area contributed by atoms with Crippen molar-refractivity contribution in [3.63, 3.8) is 0 Å². The SMILES string of the molecule is CC(C)(C)OC(=O)CCn1cc(-c2ccccc2C=O)cn1. The van der Waals surface area contributed by atoms with Gasteiger partial charge >= 0.3 is 5.97 Å². The van der Waals surface area contributed by atoms with Crippen molar-refractivity contribution in [2.75, 3.05) is 0 Å². The first-order valence-electron chi connectivity index (χ1n) is 7.18. The average Bonchev–Trinajstić information content (AvgIpc) is 2.92. The van der Waals surface area contributed by atoms with Crippen LogP contribution in [0.25, 0.3) is 11.1 Å². The third kappa shape index (κ3) is 4.28. The summed E-state index contributed by atoms with van der Waals surface area (Å²) in [5.74, 6) is -0.252. The van der Waals surface area contributed by atoms with E-state index in [-0.39, 0.29) is 12.4 Å². The lowest BCUT2D eigenvalue weighted by molar-refractivity contribution is -0.155. The number of hydrogen-bond acceptors (Lipinski definition) is 4. The molecule has 0 saturated carbocycles. The summed E-state index contributed by atoms with van der Waals surface area (Å²) in [6.45, 7) is 5.96. The monoisotopic (exact) mass is 300 g/mol. The van der Waals surface area contributed by atoms with Crippen LogP contribution in [0.3, 0.4) is 0 Å². The summed E-state index contributed by atoms with van der Waals surface area (Å²) >= 11 is 0. The Morgan fingerprint density at radius 2 is 2.05 bits per heavy atom. The highest BCUT2D eigenvalue weighted by atomic mass is 16.6. The molecule has 0 unspecified atom stereocenters. The molecule has 5 nitrogen and oxygen atoms in total. The number of aldehydes is 1. The normalized spacial score (nSPS) is 11.2. The van der Waals surface area contributed by atoms with Gasteiger partial charge in [-0.15, -0.1) is 0 Å². The second kappa shape index (κ2) is 6.56. The summed E-state index contributed by atoms with van der Waals surface area (Å²) in [6, 6.07) is 7.33. The van der Waals surface area contributed by atoms with E-state index in [9.17, 15) is 9.59 Å². The van der Waals surface area contributed by atoms with Crippen LogP contribution in [-0.4, -0.2) is 27.6 Å². The highest BCUT2D eigenvalue weighted by Gasteiger charge is 2.16. The Balaban J connectivity index is 2.03. The minimum atomic E-state index is -0.477. The van der Waals surface area contributed by atoms with Crippen molar-refractivity contribution in [2.45, 2.75) is 39.3 Å². The summed E-state index contributed by atoms with van der Waals surface area (Å²) in [6.07, 6.45) is 4.60. The van der Waals surface area contributed by atoms with Crippen molar-refractivity contribution in [3.05, 3.63) is 42.2 Å². The average molecular weight is 300 g/mol. The van der Waals surface area contributed by atoms with Gasteiger partial charge in [-0.1, -0.05) is 24.3 Å². The second-order valence-electron chi connectivity index (χ2n) is 6.03. The van der Waals surface area contributed by atoms with Gasteiger partial charge in [-0.3, -0.25) is 14.3 Å². The van der Waals surface area contributed by atoms with Crippen LogP contribution in [0.15, 0.2) is 36.7 Å². The zero-order valence-corrected chi connectivity index (χ0v) is 13.1.